The second-order valence-corrected chi connectivity index (χ2v) is 6.75. The number of hydrogen-bond acceptors (Lipinski definition) is 3. The number of guanidine groups is 1. The van der Waals surface area contributed by atoms with E-state index in [4.69, 9.17) is 4.42 Å². The number of aliphatic imine (C=N–C) groups is 1. The van der Waals surface area contributed by atoms with Gasteiger partial charge in [-0.25, -0.2) is 4.99 Å². The van der Waals surface area contributed by atoms with Gasteiger partial charge in [-0.05, 0) is 44.5 Å². The molecule has 0 radical (unpaired) electrons. The summed E-state index contributed by atoms with van der Waals surface area (Å²) in [7, 11) is 0. The molecule has 29 heavy (non-hydrogen) atoms. The van der Waals surface area contributed by atoms with Crippen molar-refractivity contribution in [2.24, 2.45) is 4.99 Å². The highest BCUT2D eigenvalue weighted by atomic mass is 16.3. The van der Waals surface area contributed by atoms with Crippen LogP contribution in [0, 0.1) is 6.92 Å². The van der Waals surface area contributed by atoms with E-state index in [0.717, 1.165) is 40.4 Å². The SMILES string of the molecule is CCNC(=O)c1ccc(CN=C(NCC)NCc2oc3ccccc3c2C)cc1. The number of aryl methyl sites for hydroxylation is 1. The lowest BCUT2D eigenvalue weighted by Gasteiger charge is -2.11. The number of para-hydroxylation sites is 1. The normalized spacial score (nSPS) is 11.5. The average Bonchev–Trinajstić information content (AvgIpc) is 3.06. The van der Waals surface area contributed by atoms with Gasteiger partial charge >= 0.3 is 0 Å². The molecule has 0 spiro atoms. The summed E-state index contributed by atoms with van der Waals surface area (Å²) in [6.45, 7) is 8.47. The van der Waals surface area contributed by atoms with Gasteiger partial charge in [0.25, 0.3) is 5.91 Å². The molecule has 0 fully saturated rings. The van der Waals surface area contributed by atoms with Crippen molar-refractivity contribution < 1.29 is 9.21 Å². The Hall–Kier alpha value is -3.28. The number of carbonyl (C=O) groups excluding carboxylic acids is 1. The molecule has 6 heteroatoms. The Balaban J connectivity index is 1.65. The van der Waals surface area contributed by atoms with Crippen LogP contribution in [0.15, 0.2) is 57.9 Å². The van der Waals surface area contributed by atoms with Crippen molar-refractivity contribution >= 4 is 22.8 Å². The first-order valence-electron chi connectivity index (χ1n) is 9.98. The largest absolute Gasteiger partial charge is 0.459 e. The van der Waals surface area contributed by atoms with Crippen molar-refractivity contribution in [1.29, 1.82) is 0 Å². The van der Waals surface area contributed by atoms with E-state index in [2.05, 4.69) is 33.9 Å². The van der Waals surface area contributed by atoms with Gasteiger partial charge in [-0.15, -0.1) is 0 Å². The molecule has 2 aromatic carbocycles. The lowest BCUT2D eigenvalue weighted by Crippen LogP contribution is -2.36. The summed E-state index contributed by atoms with van der Waals surface area (Å²) in [5.41, 5.74) is 3.74. The molecule has 0 aliphatic carbocycles. The van der Waals surface area contributed by atoms with Crippen LogP contribution in [-0.2, 0) is 13.1 Å². The summed E-state index contributed by atoms with van der Waals surface area (Å²) < 4.78 is 5.96. The van der Waals surface area contributed by atoms with Crippen molar-refractivity contribution in [3.8, 4) is 0 Å². The highest BCUT2D eigenvalue weighted by Gasteiger charge is 2.10. The van der Waals surface area contributed by atoms with Crippen molar-refractivity contribution in [2.45, 2.75) is 33.9 Å². The number of hydrogen-bond donors (Lipinski definition) is 3. The predicted octanol–water partition coefficient (Wildman–Crippen LogP) is 3.75. The molecule has 0 saturated heterocycles. The maximum absolute atomic E-state index is 11.9. The van der Waals surface area contributed by atoms with Crippen molar-refractivity contribution in [1.82, 2.24) is 16.0 Å². The van der Waals surface area contributed by atoms with Gasteiger partial charge in [0.15, 0.2) is 5.96 Å². The predicted molar refractivity (Wildman–Crippen MR) is 117 cm³/mol. The molecule has 152 valence electrons. The molecular formula is C23H28N4O2. The van der Waals surface area contributed by atoms with Gasteiger partial charge < -0.3 is 20.4 Å². The van der Waals surface area contributed by atoms with Gasteiger partial charge in [0.05, 0.1) is 13.1 Å². The number of carbonyl (C=O) groups is 1. The van der Waals surface area contributed by atoms with E-state index in [1.165, 1.54) is 0 Å². The zero-order valence-corrected chi connectivity index (χ0v) is 17.2. The minimum atomic E-state index is -0.0567. The Morgan fingerprint density at radius 2 is 1.69 bits per heavy atom. The molecule has 1 heterocycles. The van der Waals surface area contributed by atoms with Crippen LogP contribution in [0.5, 0.6) is 0 Å². The van der Waals surface area contributed by atoms with Crippen molar-refractivity contribution in [3.05, 3.63) is 71.0 Å². The molecule has 3 N–H and O–H groups in total. The van der Waals surface area contributed by atoms with E-state index in [0.29, 0.717) is 25.2 Å². The average molecular weight is 393 g/mol. The summed E-state index contributed by atoms with van der Waals surface area (Å²) >= 11 is 0. The highest BCUT2D eigenvalue weighted by molar-refractivity contribution is 5.94. The lowest BCUT2D eigenvalue weighted by molar-refractivity contribution is 0.0956. The third kappa shape index (κ3) is 5.16. The Bertz CT molecular complexity index is 990. The van der Waals surface area contributed by atoms with E-state index < -0.39 is 0 Å². The minimum Gasteiger partial charge on any atom is -0.459 e. The highest BCUT2D eigenvalue weighted by Crippen LogP contribution is 2.24. The third-order valence-electron chi connectivity index (χ3n) is 4.68. The molecule has 0 saturated carbocycles. The molecule has 0 atom stereocenters. The molecule has 0 unspecified atom stereocenters. The molecule has 0 aliphatic heterocycles. The zero-order valence-electron chi connectivity index (χ0n) is 17.2. The smallest absolute Gasteiger partial charge is 0.251 e. The fourth-order valence-electron chi connectivity index (χ4n) is 3.09. The number of furan rings is 1. The van der Waals surface area contributed by atoms with Crippen molar-refractivity contribution in [2.75, 3.05) is 13.1 Å². The quantitative estimate of drug-likeness (QED) is 0.423. The first-order chi connectivity index (χ1) is 14.1. The van der Waals surface area contributed by atoms with Crippen LogP contribution in [0.3, 0.4) is 0 Å². The second kappa shape index (κ2) is 9.78. The maximum atomic E-state index is 11.9. The zero-order chi connectivity index (χ0) is 20.6. The van der Waals surface area contributed by atoms with E-state index in [1.54, 1.807) is 0 Å². The van der Waals surface area contributed by atoms with E-state index >= 15 is 0 Å². The first kappa shape index (κ1) is 20.5. The van der Waals surface area contributed by atoms with Gasteiger partial charge in [-0.2, -0.15) is 0 Å². The molecule has 1 amide bonds. The summed E-state index contributed by atoms with van der Waals surface area (Å²) in [5, 5.41) is 10.5. The third-order valence-corrected chi connectivity index (χ3v) is 4.68. The first-order valence-corrected chi connectivity index (χ1v) is 9.98. The second-order valence-electron chi connectivity index (χ2n) is 6.75. The summed E-state index contributed by atoms with van der Waals surface area (Å²) in [6, 6.07) is 15.6. The number of amides is 1. The van der Waals surface area contributed by atoms with E-state index in [1.807, 2.05) is 56.3 Å². The summed E-state index contributed by atoms with van der Waals surface area (Å²) in [6.07, 6.45) is 0. The Labute approximate surface area is 171 Å². The van der Waals surface area contributed by atoms with Crippen LogP contribution >= 0.6 is 0 Å². The van der Waals surface area contributed by atoms with Gasteiger partial charge in [-0.1, -0.05) is 30.3 Å². The van der Waals surface area contributed by atoms with E-state index in [-0.39, 0.29) is 5.91 Å². The van der Waals surface area contributed by atoms with Gasteiger partial charge in [-0.3, -0.25) is 4.79 Å². The molecular weight excluding hydrogens is 364 g/mol. The summed E-state index contributed by atoms with van der Waals surface area (Å²) in [4.78, 5) is 16.5. The van der Waals surface area contributed by atoms with Crippen LogP contribution in [0.2, 0.25) is 0 Å². The number of fused-ring (bicyclic) bond motifs is 1. The van der Waals surface area contributed by atoms with Gasteiger partial charge in [0.1, 0.15) is 11.3 Å². The number of benzene rings is 2. The van der Waals surface area contributed by atoms with E-state index in [9.17, 15) is 4.79 Å². The minimum absolute atomic E-state index is 0.0567. The van der Waals surface area contributed by atoms with Crippen molar-refractivity contribution in [3.63, 3.8) is 0 Å². The number of rotatable bonds is 7. The molecule has 0 aliphatic rings. The Morgan fingerprint density at radius 3 is 2.38 bits per heavy atom. The van der Waals surface area contributed by atoms with Crippen LogP contribution in [0.4, 0.5) is 0 Å². The molecule has 1 aromatic heterocycles. The fraction of sp³-hybridized carbons (Fsp3) is 0.304. The molecule has 0 bridgehead atoms. The lowest BCUT2D eigenvalue weighted by atomic mass is 10.1. The molecule has 6 nitrogen and oxygen atoms in total. The van der Waals surface area contributed by atoms with Crippen LogP contribution < -0.4 is 16.0 Å². The summed E-state index contributed by atoms with van der Waals surface area (Å²) in [5.74, 6) is 1.57. The maximum Gasteiger partial charge on any atom is 0.251 e. The Morgan fingerprint density at radius 1 is 0.966 bits per heavy atom. The monoisotopic (exact) mass is 392 g/mol. The number of nitrogens with zero attached hydrogens (tertiary/aromatic N) is 1. The fourth-order valence-corrected chi connectivity index (χ4v) is 3.09. The van der Waals surface area contributed by atoms with Crippen LogP contribution in [-0.4, -0.2) is 25.0 Å². The molecule has 3 rings (SSSR count). The van der Waals surface area contributed by atoms with Gasteiger partial charge in [0.2, 0.25) is 0 Å². The topological polar surface area (TPSA) is 78.7 Å². The molecule has 3 aromatic rings. The standard InChI is InChI=1S/C23H28N4O2/c1-4-24-22(28)18-12-10-17(11-13-18)14-26-23(25-5-2)27-15-21-16(3)19-8-6-7-9-20(19)29-21/h6-13H,4-5,14-15H2,1-3H3,(H,24,28)(H2,25,26,27). The van der Waals surface area contributed by atoms with Crippen LogP contribution in [0.25, 0.3) is 11.0 Å². The van der Waals surface area contributed by atoms with Gasteiger partial charge in [0, 0.05) is 29.6 Å². The number of nitrogens with one attached hydrogen (secondary N) is 3. The van der Waals surface area contributed by atoms with Crippen LogP contribution in [0.1, 0.15) is 41.1 Å². The Kier molecular flexibility index (Phi) is 6.89.